The minimum Gasteiger partial charge on any atom is -0.857 e. The molecule has 0 radical (unpaired) electrons. The molecule has 0 saturated carbocycles. The summed E-state index contributed by atoms with van der Waals surface area (Å²) in [5.74, 6) is -1.21. The third-order valence-electron chi connectivity index (χ3n) is 0.372. The Balaban J connectivity index is -0.000000109. The number of carbonyl (C=O) groups is 1. The molecule has 2 N–H and O–H groups in total. The molecule has 0 rings (SSSR count). The molecule has 0 aromatic carbocycles. The summed E-state index contributed by atoms with van der Waals surface area (Å²) < 4.78 is 0. The molecule has 50 valence electrons. The summed E-state index contributed by atoms with van der Waals surface area (Å²) in [7, 11) is 0.750. The van der Waals surface area contributed by atoms with Gasteiger partial charge in [-0.1, -0.05) is 0 Å². The van der Waals surface area contributed by atoms with Crippen molar-refractivity contribution in [1.82, 2.24) is 0 Å². The first-order chi connectivity index (χ1) is 3.64. The summed E-state index contributed by atoms with van der Waals surface area (Å²) in [6.07, 6.45) is 0. The van der Waals surface area contributed by atoms with Crippen LogP contribution in [0.5, 0.6) is 0 Å². The van der Waals surface area contributed by atoms with Crippen molar-refractivity contribution >= 4 is 43.7 Å². The summed E-state index contributed by atoms with van der Waals surface area (Å²) in [5, 5.41) is 17.7. The maximum atomic E-state index is 9.46. The van der Waals surface area contributed by atoms with Gasteiger partial charge in [-0.2, -0.15) is 7.11 Å². The molecule has 1 atom stereocenters. The second kappa shape index (κ2) is 11.4. The molecule has 0 aliphatic rings. The van der Waals surface area contributed by atoms with Gasteiger partial charge in [0.05, 0.1) is 5.97 Å². The van der Waals surface area contributed by atoms with Crippen LogP contribution in [-0.4, -0.2) is 56.9 Å². The Bertz CT molecular complexity index is 66.8. The van der Waals surface area contributed by atoms with Gasteiger partial charge < -0.3 is 20.7 Å². The molecular weight excluding hydrogens is 150 g/mol. The maximum Gasteiger partial charge on any atom is 2.00 e. The normalized spacial score (nSPS) is 9.78. The Morgan fingerprint density at radius 3 is 1.67 bits per heavy atom. The van der Waals surface area contributed by atoms with Crippen LogP contribution in [0.2, 0.25) is 0 Å². The minimum absolute atomic E-state index is 0. The number of carboxylic acids is 1. The number of nitrogens with two attached hydrogens (primary N) is 1. The van der Waals surface area contributed by atoms with Crippen molar-refractivity contribution in [3.8, 4) is 0 Å². The second-order valence-corrected chi connectivity index (χ2v) is 1.11. The third-order valence-corrected chi connectivity index (χ3v) is 0.372. The molecule has 5 heteroatoms. The average molecular weight is 159 g/mol. The molecule has 1 unspecified atom stereocenters. The average Bonchev–Trinajstić information content (AvgIpc) is 1.72. The van der Waals surface area contributed by atoms with Crippen LogP contribution >= 0.6 is 0 Å². The first-order valence-electron chi connectivity index (χ1n) is 2.02. The number of carbonyl (C=O) groups excluding carboxylic acids is 1. The van der Waals surface area contributed by atoms with Gasteiger partial charge in [-0.15, -0.1) is 0 Å². The van der Waals surface area contributed by atoms with Gasteiger partial charge in [0.1, 0.15) is 0 Å². The molecule has 0 fully saturated rings. The van der Waals surface area contributed by atoms with Crippen molar-refractivity contribution in [3.05, 3.63) is 0 Å². The largest absolute Gasteiger partial charge is 2.00 e. The van der Waals surface area contributed by atoms with Crippen molar-refractivity contribution in [2.24, 2.45) is 5.73 Å². The first kappa shape index (κ1) is 16.3. The van der Waals surface area contributed by atoms with Gasteiger partial charge in [0, 0.05) is 6.04 Å². The molecule has 0 bridgehead atoms. The zero-order valence-corrected chi connectivity index (χ0v) is 7.79. The van der Waals surface area contributed by atoms with Crippen molar-refractivity contribution < 1.29 is 15.0 Å². The predicted octanol–water partition coefficient (Wildman–Crippen LogP) is -3.32. The van der Waals surface area contributed by atoms with E-state index in [4.69, 9.17) is 10.8 Å². The summed E-state index contributed by atoms with van der Waals surface area (Å²) >= 11 is 0. The number of aliphatic carboxylic acids is 1. The van der Waals surface area contributed by atoms with E-state index in [1.54, 1.807) is 0 Å². The SMILES string of the molecule is CC(N)C(=O)[O-].C[O-].[Ca+2]. The maximum absolute atomic E-state index is 9.46. The van der Waals surface area contributed by atoms with Crippen molar-refractivity contribution in [2.75, 3.05) is 7.11 Å². The summed E-state index contributed by atoms with van der Waals surface area (Å²) in [6, 6.07) is -0.843. The van der Waals surface area contributed by atoms with E-state index < -0.39 is 12.0 Å². The Hall–Kier alpha value is 0.650. The van der Waals surface area contributed by atoms with Crippen LogP contribution in [0.3, 0.4) is 0 Å². The zero-order valence-electron chi connectivity index (χ0n) is 5.59. The van der Waals surface area contributed by atoms with E-state index in [0.29, 0.717) is 0 Å². The first-order valence-corrected chi connectivity index (χ1v) is 2.02. The smallest absolute Gasteiger partial charge is 0.857 e. The summed E-state index contributed by atoms with van der Waals surface area (Å²) in [6.45, 7) is 1.36. The summed E-state index contributed by atoms with van der Waals surface area (Å²) in [4.78, 5) is 9.46. The van der Waals surface area contributed by atoms with E-state index in [-0.39, 0.29) is 37.7 Å². The van der Waals surface area contributed by atoms with Gasteiger partial charge in [-0.3, -0.25) is 0 Å². The molecule has 9 heavy (non-hydrogen) atoms. The van der Waals surface area contributed by atoms with Gasteiger partial charge in [0.25, 0.3) is 0 Å². The van der Waals surface area contributed by atoms with Crippen LogP contribution in [-0.2, 0) is 4.79 Å². The predicted molar refractivity (Wildman–Crippen MR) is 30.3 cm³/mol. The number of rotatable bonds is 1. The number of hydrogen-bond acceptors (Lipinski definition) is 4. The van der Waals surface area contributed by atoms with Crippen LogP contribution in [0.1, 0.15) is 6.92 Å². The van der Waals surface area contributed by atoms with Crippen LogP contribution in [0.25, 0.3) is 0 Å². The van der Waals surface area contributed by atoms with Gasteiger partial charge in [0.15, 0.2) is 0 Å². The molecule has 0 amide bonds. The van der Waals surface area contributed by atoms with Crippen molar-refractivity contribution in [3.63, 3.8) is 0 Å². The fourth-order valence-corrected chi connectivity index (χ4v) is 0. The summed E-state index contributed by atoms with van der Waals surface area (Å²) in [5.41, 5.74) is 4.77. The third kappa shape index (κ3) is 17.7. The van der Waals surface area contributed by atoms with Crippen LogP contribution in [0, 0.1) is 0 Å². The van der Waals surface area contributed by atoms with Crippen molar-refractivity contribution in [1.29, 1.82) is 0 Å². The van der Waals surface area contributed by atoms with E-state index in [9.17, 15) is 9.90 Å². The zero-order chi connectivity index (χ0) is 7.15. The molecule has 0 saturated heterocycles. The van der Waals surface area contributed by atoms with E-state index in [0.717, 1.165) is 7.11 Å². The Morgan fingerprint density at radius 2 is 1.67 bits per heavy atom. The Labute approximate surface area is 84.0 Å². The topological polar surface area (TPSA) is 89.2 Å². The van der Waals surface area contributed by atoms with Gasteiger partial charge in [-0.25, -0.2) is 0 Å². The van der Waals surface area contributed by atoms with Crippen LogP contribution < -0.4 is 15.9 Å². The van der Waals surface area contributed by atoms with Gasteiger partial charge >= 0.3 is 37.7 Å². The molecule has 0 heterocycles. The Morgan fingerprint density at radius 1 is 1.56 bits per heavy atom. The second-order valence-electron chi connectivity index (χ2n) is 1.11. The number of hydrogen-bond donors (Lipinski definition) is 1. The van der Waals surface area contributed by atoms with E-state index in [2.05, 4.69) is 0 Å². The van der Waals surface area contributed by atoms with E-state index in [1.165, 1.54) is 6.92 Å². The quantitative estimate of drug-likeness (QED) is 0.405. The van der Waals surface area contributed by atoms with Gasteiger partial charge in [-0.05, 0) is 6.92 Å². The fraction of sp³-hybridized carbons (Fsp3) is 0.750. The van der Waals surface area contributed by atoms with E-state index >= 15 is 0 Å². The van der Waals surface area contributed by atoms with E-state index in [1.807, 2.05) is 0 Å². The molecule has 0 spiro atoms. The molecular formula is C4H9CaNO3. The molecule has 4 nitrogen and oxygen atoms in total. The Kier molecular flexibility index (Phi) is 20.8. The van der Waals surface area contributed by atoms with Gasteiger partial charge in [0.2, 0.25) is 0 Å². The standard InChI is InChI=1S/C3H7NO2.CH3O.Ca/c1-2(4)3(5)6;1-2;/h2H,4H2,1H3,(H,5,6);1H3;/q;-1;+2/p-1. The molecule has 0 aliphatic carbocycles. The monoisotopic (exact) mass is 159 g/mol. The van der Waals surface area contributed by atoms with Crippen LogP contribution in [0.4, 0.5) is 0 Å². The molecule has 0 aromatic rings. The van der Waals surface area contributed by atoms with Crippen LogP contribution in [0.15, 0.2) is 0 Å². The molecule has 0 aromatic heterocycles. The fourth-order valence-electron chi connectivity index (χ4n) is 0. The number of carboxylic acid groups (broad SMARTS) is 1. The molecule has 0 aliphatic heterocycles. The minimum atomic E-state index is -1.21. The van der Waals surface area contributed by atoms with Crippen molar-refractivity contribution in [2.45, 2.75) is 13.0 Å².